The van der Waals surface area contributed by atoms with Crippen molar-refractivity contribution in [3.8, 4) is 5.75 Å². The molecule has 0 atom stereocenters. The molecule has 0 amide bonds. The molecule has 0 aliphatic carbocycles. The summed E-state index contributed by atoms with van der Waals surface area (Å²) in [6.07, 6.45) is 4.46. The van der Waals surface area contributed by atoms with E-state index in [-0.39, 0.29) is 24.0 Å². The lowest BCUT2D eigenvalue weighted by Gasteiger charge is -2.12. The van der Waals surface area contributed by atoms with Crippen molar-refractivity contribution in [3.63, 3.8) is 0 Å². The van der Waals surface area contributed by atoms with Gasteiger partial charge < -0.3 is 15.4 Å². The minimum absolute atomic E-state index is 0. The van der Waals surface area contributed by atoms with Gasteiger partial charge in [0.25, 0.3) is 0 Å². The van der Waals surface area contributed by atoms with Gasteiger partial charge in [-0.15, -0.1) is 34.2 Å². The van der Waals surface area contributed by atoms with Crippen LogP contribution >= 0.6 is 24.0 Å². The zero-order valence-corrected chi connectivity index (χ0v) is 18.9. The van der Waals surface area contributed by atoms with Crippen LogP contribution < -0.4 is 15.4 Å². The monoisotopic (exact) mass is 506 g/mol. The molecule has 0 saturated heterocycles. The summed E-state index contributed by atoms with van der Waals surface area (Å²) in [6, 6.07) is 13.8. The Labute approximate surface area is 188 Å². The van der Waals surface area contributed by atoms with Crippen molar-refractivity contribution < 1.29 is 4.74 Å². The first-order valence-corrected chi connectivity index (χ1v) is 9.44. The molecule has 0 saturated carbocycles. The topological polar surface area (TPSA) is 75.8 Å². The Kier molecular flexibility index (Phi) is 9.42. The summed E-state index contributed by atoms with van der Waals surface area (Å²) >= 11 is 0. The van der Waals surface area contributed by atoms with Gasteiger partial charge in [-0.2, -0.15) is 0 Å². The highest BCUT2D eigenvalue weighted by Gasteiger charge is 2.06. The van der Waals surface area contributed by atoms with Crippen molar-refractivity contribution in [2.24, 2.45) is 4.99 Å². The second kappa shape index (κ2) is 12.1. The quantitative estimate of drug-likeness (QED) is 0.202. The lowest BCUT2D eigenvalue weighted by Crippen LogP contribution is -2.38. The Morgan fingerprint density at radius 2 is 2.00 bits per heavy atom. The van der Waals surface area contributed by atoms with E-state index >= 15 is 0 Å². The molecule has 3 aromatic rings. The van der Waals surface area contributed by atoms with E-state index in [1.54, 1.807) is 6.08 Å². The molecule has 0 unspecified atom stereocenters. The number of guanidine groups is 1. The third kappa shape index (κ3) is 6.45. The van der Waals surface area contributed by atoms with E-state index in [9.17, 15) is 0 Å². The van der Waals surface area contributed by atoms with E-state index < -0.39 is 0 Å². The van der Waals surface area contributed by atoms with E-state index in [4.69, 9.17) is 4.74 Å². The van der Waals surface area contributed by atoms with E-state index in [2.05, 4.69) is 32.4 Å². The van der Waals surface area contributed by atoms with Crippen LogP contribution in [0.4, 0.5) is 0 Å². The molecule has 0 fully saturated rings. The van der Waals surface area contributed by atoms with Gasteiger partial charge in [-0.1, -0.05) is 36.9 Å². The number of pyridine rings is 1. The van der Waals surface area contributed by atoms with Gasteiger partial charge in [0.2, 0.25) is 0 Å². The van der Waals surface area contributed by atoms with Gasteiger partial charge in [0, 0.05) is 31.3 Å². The first-order valence-electron chi connectivity index (χ1n) is 9.44. The largest absolute Gasteiger partial charge is 0.489 e. The average Bonchev–Trinajstić information content (AvgIpc) is 3.14. The molecule has 8 heteroatoms. The van der Waals surface area contributed by atoms with Crippen LogP contribution in [-0.2, 0) is 13.0 Å². The maximum atomic E-state index is 5.70. The number of halogens is 1. The van der Waals surface area contributed by atoms with Gasteiger partial charge in [-0.3, -0.25) is 4.40 Å². The van der Waals surface area contributed by atoms with Crippen LogP contribution in [0.2, 0.25) is 0 Å². The number of benzene rings is 1. The van der Waals surface area contributed by atoms with E-state index in [0.717, 1.165) is 41.7 Å². The van der Waals surface area contributed by atoms with Crippen LogP contribution in [0.1, 0.15) is 18.3 Å². The second-order valence-corrected chi connectivity index (χ2v) is 6.12. The minimum Gasteiger partial charge on any atom is -0.489 e. The fourth-order valence-electron chi connectivity index (χ4n) is 2.78. The normalized spacial score (nSPS) is 11.0. The molecule has 0 spiro atoms. The number of aliphatic imine (C=N–C) groups is 1. The predicted octanol–water partition coefficient (Wildman–Crippen LogP) is 3.21. The highest BCUT2D eigenvalue weighted by atomic mass is 127. The average molecular weight is 506 g/mol. The number of hydrogen-bond acceptors (Lipinski definition) is 4. The third-order valence-corrected chi connectivity index (χ3v) is 4.11. The lowest BCUT2D eigenvalue weighted by molar-refractivity contribution is 0.359. The number of nitrogens with zero attached hydrogens (tertiary/aromatic N) is 4. The minimum atomic E-state index is 0. The van der Waals surface area contributed by atoms with Gasteiger partial charge >= 0.3 is 0 Å². The molecular weight excluding hydrogens is 479 g/mol. The molecule has 29 heavy (non-hydrogen) atoms. The van der Waals surface area contributed by atoms with Gasteiger partial charge in [0.15, 0.2) is 11.6 Å². The first-order chi connectivity index (χ1) is 13.8. The molecule has 3 rings (SSSR count). The Bertz CT molecular complexity index is 940. The van der Waals surface area contributed by atoms with Crippen molar-refractivity contribution in [2.45, 2.75) is 19.9 Å². The number of rotatable bonds is 9. The molecule has 0 radical (unpaired) electrons. The molecular formula is C21H27IN6O. The molecule has 154 valence electrons. The highest BCUT2D eigenvalue weighted by Crippen LogP contribution is 2.18. The summed E-state index contributed by atoms with van der Waals surface area (Å²) in [5.41, 5.74) is 1.89. The molecule has 0 aliphatic heterocycles. The van der Waals surface area contributed by atoms with Gasteiger partial charge in [0.05, 0.1) is 6.54 Å². The second-order valence-electron chi connectivity index (χ2n) is 6.12. The van der Waals surface area contributed by atoms with Crippen LogP contribution in [0.15, 0.2) is 66.3 Å². The smallest absolute Gasteiger partial charge is 0.191 e. The maximum absolute atomic E-state index is 5.70. The lowest BCUT2D eigenvalue weighted by atomic mass is 10.2. The third-order valence-electron chi connectivity index (χ3n) is 4.11. The maximum Gasteiger partial charge on any atom is 0.191 e. The predicted molar refractivity (Wildman–Crippen MR) is 127 cm³/mol. The Hall–Kier alpha value is -2.62. The standard InChI is InChI=1S/C21H26N6O.HI/c1-3-15-28-18-10-6-5-9-17(18)16-24-21(22-4-2)23-13-12-20-26-25-19-11-7-8-14-27(19)20;/h3,5-11,14H,1,4,12-13,15-16H2,2H3,(H2,22,23,24);1H. The molecule has 2 N–H and O–H groups in total. The Balaban J connectivity index is 0.00000300. The zero-order chi connectivity index (χ0) is 19.6. The first kappa shape index (κ1) is 22.7. The van der Waals surface area contributed by atoms with Crippen LogP contribution in [0.5, 0.6) is 5.75 Å². The fourth-order valence-corrected chi connectivity index (χ4v) is 2.78. The van der Waals surface area contributed by atoms with Crippen molar-refractivity contribution in [1.29, 1.82) is 0 Å². The van der Waals surface area contributed by atoms with Crippen molar-refractivity contribution in [1.82, 2.24) is 25.2 Å². The zero-order valence-electron chi connectivity index (χ0n) is 16.5. The van der Waals surface area contributed by atoms with Crippen molar-refractivity contribution in [2.75, 3.05) is 19.7 Å². The summed E-state index contributed by atoms with van der Waals surface area (Å²) < 4.78 is 7.70. The van der Waals surface area contributed by atoms with Crippen LogP contribution in [0, 0.1) is 0 Å². The fraction of sp³-hybridized carbons (Fsp3) is 0.286. The summed E-state index contributed by atoms with van der Waals surface area (Å²) in [5, 5.41) is 15.1. The van der Waals surface area contributed by atoms with Gasteiger partial charge in [0.1, 0.15) is 18.2 Å². The molecule has 0 aliphatic rings. The molecule has 7 nitrogen and oxygen atoms in total. The summed E-state index contributed by atoms with van der Waals surface area (Å²) in [7, 11) is 0. The van der Waals surface area contributed by atoms with Gasteiger partial charge in [-0.05, 0) is 25.1 Å². The number of ether oxygens (including phenoxy) is 1. The van der Waals surface area contributed by atoms with Crippen LogP contribution in [-0.4, -0.2) is 40.3 Å². The number of hydrogen-bond donors (Lipinski definition) is 2. The van der Waals surface area contributed by atoms with Crippen molar-refractivity contribution >= 4 is 35.6 Å². The number of fused-ring (bicyclic) bond motifs is 1. The van der Waals surface area contributed by atoms with E-state index in [1.165, 1.54) is 0 Å². The number of para-hydroxylation sites is 1. The SMILES string of the molecule is C=CCOc1ccccc1CN=C(NCC)NCCc1nnc2ccccn12.I. The molecule has 2 heterocycles. The van der Waals surface area contributed by atoms with E-state index in [0.29, 0.717) is 19.7 Å². The summed E-state index contributed by atoms with van der Waals surface area (Å²) in [6.45, 7) is 8.23. The van der Waals surface area contributed by atoms with Crippen LogP contribution in [0.3, 0.4) is 0 Å². The van der Waals surface area contributed by atoms with Crippen molar-refractivity contribution in [3.05, 3.63) is 72.7 Å². The Morgan fingerprint density at radius 1 is 1.17 bits per heavy atom. The number of aromatic nitrogens is 3. The molecule has 0 bridgehead atoms. The summed E-state index contributed by atoms with van der Waals surface area (Å²) in [4.78, 5) is 4.68. The highest BCUT2D eigenvalue weighted by molar-refractivity contribution is 14.0. The molecule has 2 aromatic heterocycles. The molecule has 1 aromatic carbocycles. The summed E-state index contributed by atoms with van der Waals surface area (Å²) in [5.74, 6) is 2.51. The number of nitrogens with one attached hydrogen (secondary N) is 2. The van der Waals surface area contributed by atoms with Gasteiger partial charge in [-0.25, -0.2) is 4.99 Å². The van der Waals surface area contributed by atoms with Crippen LogP contribution in [0.25, 0.3) is 5.65 Å². The van der Waals surface area contributed by atoms with E-state index in [1.807, 2.05) is 60.0 Å². The Morgan fingerprint density at radius 3 is 2.83 bits per heavy atom.